The Hall–Kier alpha value is -1.18. The Morgan fingerprint density at radius 1 is 1.60 bits per heavy atom. The van der Waals surface area contributed by atoms with Gasteiger partial charge >= 0.3 is 10.2 Å². The standard InChI is InChI=1S/C8H11N3O3S/c9-8-7-5(4-12)2-1-3-6(7)10-15(13,14)11-8/h1-3,6-7,10,12H,4H2,(H2,9,11). The van der Waals surface area contributed by atoms with Crippen molar-refractivity contribution in [1.82, 2.24) is 4.72 Å². The van der Waals surface area contributed by atoms with E-state index in [1.807, 2.05) is 0 Å². The lowest BCUT2D eigenvalue weighted by Crippen LogP contribution is -2.50. The summed E-state index contributed by atoms with van der Waals surface area (Å²) in [5.41, 5.74) is 6.23. The van der Waals surface area contributed by atoms with Crippen LogP contribution in [0.5, 0.6) is 0 Å². The predicted molar refractivity (Wildman–Crippen MR) is 55.3 cm³/mol. The second-order valence-electron chi connectivity index (χ2n) is 3.40. The number of aliphatic hydroxyl groups excluding tert-OH is 1. The van der Waals surface area contributed by atoms with Gasteiger partial charge in [-0.25, -0.2) is 0 Å². The molecular formula is C8H11N3O3S. The molecule has 0 bridgehead atoms. The van der Waals surface area contributed by atoms with E-state index in [1.54, 1.807) is 18.2 Å². The molecule has 15 heavy (non-hydrogen) atoms. The molecule has 0 fully saturated rings. The van der Waals surface area contributed by atoms with Crippen LogP contribution in [0.1, 0.15) is 0 Å². The zero-order valence-electron chi connectivity index (χ0n) is 7.79. The van der Waals surface area contributed by atoms with Crippen LogP contribution in [0, 0.1) is 5.92 Å². The molecule has 2 aliphatic rings. The van der Waals surface area contributed by atoms with Gasteiger partial charge in [-0.2, -0.15) is 13.1 Å². The fourth-order valence-corrected chi connectivity index (χ4v) is 2.77. The summed E-state index contributed by atoms with van der Waals surface area (Å²) >= 11 is 0. The Bertz CT molecular complexity index is 464. The fourth-order valence-electron chi connectivity index (χ4n) is 1.77. The van der Waals surface area contributed by atoms with Crippen LogP contribution in [0.15, 0.2) is 28.2 Å². The molecule has 0 aromatic rings. The van der Waals surface area contributed by atoms with Gasteiger partial charge in [-0.1, -0.05) is 18.2 Å². The Kier molecular flexibility index (Phi) is 2.37. The molecule has 2 unspecified atom stereocenters. The molecule has 0 spiro atoms. The minimum absolute atomic E-state index is 0.0170. The molecule has 2 rings (SSSR count). The number of amidine groups is 1. The quantitative estimate of drug-likeness (QED) is 0.517. The van der Waals surface area contributed by atoms with Crippen molar-refractivity contribution in [3.63, 3.8) is 0 Å². The summed E-state index contributed by atoms with van der Waals surface area (Å²) in [7, 11) is -3.68. The fraction of sp³-hybridized carbons (Fsp3) is 0.375. The van der Waals surface area contributed by atoms with E-state index in [1.165, 1.54) is 0 Å². The van der Waals surface area contributed by atoms with Crippen LogP contribution in [0.4, 0.5) is 0 Å². The molecular weight excluding hydrogens is 218 g/mol. The van der Waals surface area contributed by atoms with E-state index in [2.05, 4.69) is 9.12 Å². The maximum absolute atomic E-state index is 11.2. The highest BCUT2D eigenvalue weighted by atomic mass is 32.2. The number of nitrogens with two attached hydrogens (primary N) is 1. The summed E-state index contributed by atoms with van der Waals surface area (Å²) in [5, 5.41) is 9.09. The molecule has 1 aliphatic carbocycles. The monoisotopic (exact) mass is 229 g/mol. The highest BCUT2D eigenvalue weighted by Crippen LogP contribution is 2.24. The second kappa shape index (κ2) is 3.44. The SMILES string of the molecule is NC1=NS(=O)(=O)NC2C=CC=C(CO)C12. The molecule has 1 aliphatic heterocycles. The van der Waals surface area contributed by atoms with Gasteiger partial charge in [-0.3, -0.25) is 0 Å². The molecule has 0 saturated heterocycles. The third-order valence-electron chi connectivity index (χ3n) is 2.40. The van der Waals surface area contributed by atoms with Gasteiger partial charge in [0.15, 0.2) is 0 Å². The van der Waals surface area contributed by atoms with Gasteiger partial charge in [0.1, 0.15) is 5.84 Å². The molecule has 6 nitrogen and oxygen atoms in total. The van der Waals surface area contributed by atoms with Crippen molar-refractivity contribution in [3.8, 4) is 0 Å². The number of nitrogens with one attached hydrogen (secondary N) is 1. The highest BCUT2D eigenvalue weighted by molar-refractivity contribution is 7.88. The highest BCUT2D eigenvalue weighted by Gasteiger charge is 2.35. The van der Waals surface area contributed by atoms with E-state index in [0.717, 1.165) is 0 Å². The Morgan fingerprint density at radius 2 is 2.33 bits per heavy atom. The van der Waals surface area contributed by atoms with Gasteiger partial charge in [-0.15, -0.1) is 4.40 Å². The lowest BCUT2D eigenvalue weighted by Gasteiger charge is -2.31. The summed E-state index contributed by atoms with van der Waals surface area (Å²) in [4.78, 5) is 0. The van der Waals surface area contributed by atoms with Gasteiger partial charge in [-0.05, 0) is 5.57 Å². The molecule has 0 aromatic heterocycles. The molecule has 1 heterocycles. The summed E-state index contributed by atoms with van der Waals surface area (Å²) in [6, 6.07) is -0.445. The number of aliphatic hydroxyl groups is 1. The number of allylic oxidation sites excluding steroid dienone is 2. The van der Waals surface area contributed by atoms with Gasteiger partial charge < -0.3 is 10.8 Å². The van der Waals surface area contributed by atoms with Gasteiger partial charge in [0.25, 0.3) is 0 Å². The number of nitrogens with zero attached hydrogens (tertiary/aromatic N) is 1. The summed E-state index contributed by atoms with van der Waals surface area (Å²) in [6.07, 6.45) is 5.08. The Labute approximate surface area is 87.4 Å². The minimum Gasteiger partial charge on any atom is -0.392 e. The molecule has 82 valence electrons. The van der Waals surface area contributed by atoms with E-state index in [0.29, 0.717) is 5.57 Å². The average Bonchev–Trinajstić information content (AvgIpc) is 2.14. The van der Waals surface area contributed by atoms with Crippen LogP contribution in [0.25, 0.3) is 0 Å². The molecule has 4 N–H and O–H groups in total. The van der Waals surface area contributed by atoms with Crippen molar-refractivity contribution in [2.45, 2.75) is 6.04 Å². The number of hydrogen-bond acceptors (Lipinski definition) is 4. The van der Waals surface area contributed by atoms with Crippen LogP contribution >= 0.6 is 0 Å². The number of fused-ring (bicyclic) bond motifs is 1. The first kappa shape index (κ1) is 10.3. The van der Waals surface area contributed by atoms with E-state index in [-0.39, 0.29) is 18.4 Å². The Balaban J connectivity index is 2.46. The maximum atomic E-state index is 11.2. The lowest BCUT2D eigenvalue weighted by molar-refractivity contribution is 0.316. The van der Waals surface area contributed by atoms with Crippen LogP contribution in [-0.4, -0.2) is 32.0 Å². The molecule has 0 saturated carbocycles. The molecule has 0 amide bonds. The van der Waals surface area contributed by atoms with Crippen LogP contribution < -0.4 is 10.5 Å². The third-order valence-corrected chi connectivity index (χ3v) is 3.42. The molecule has 0 radical (unpaired) electrons. The zero-order valence-corrected chi connectivity index (χ0v) is 8.61. The van der Waals surface area contributed by atoms with E-state index in [9.17, 15) is 8.42 Å². The predicted octanol–water partition coefficient (Wildman–Crippen LogP) is -1.34. The zero-order chi connectivity index (χ0) is 11.1. The summed E-state index contributed by atoms with van der Waals surface area (Å²) in [6.45, 7) is -0.163. The lowest BCUT2D eigenvalue weighted by atomic mass is 9.87. The van der Waals surface area contributed by atoms with Crippen molar-refractivity contribution in [2.24, 2.45) is 16.0 Å². The minimum atomic E-state index is -3.68. The van der Waals surface area contributed by atoms with Crippen LogP contribution in [-0.2, 0) is 10.2 Å². The number of hydrogen-bond donors (Lipinski definition) is 3. The van der Waals surface area contributed by atoms with Crippen molar-refractivity contribution in [2.75, 3.05) is 6.61 Å². The van der Waals surface area contributed by atoms with E-state index >= 15 is 0 Å². The topological polar surface area (TPSA) is 105 Å². The van der Waals surface area contributed by atoms with Crippen LogP contribution in [0.3, 0.4) is 0 Å². The first-order valence-electron chi connectivity index (χ1n) is 4.39. The van der Waals surface area contributed by atoms with Crippen molar-refractivity contribution >= 4 is 16.0 Å². The third kappa shape index (κ3) is 1.81. The normalized spacial score (nSPS) is 32.9. The Morgan fingerprint density at radius 3 is 3.00 bits per heavy atom. The van der Waals surface area contributed by atoms with Gasteiger partial charge in [0, 0.05) is 0 Å². The number of rotatable bonds is 1. The van der Waals surface area contributed by atoms with Gasteiger partial charge in [0.2, 0.25) is 0 Å². The first-order valence-corrected chi connectivity index (χ1v) is 5.83. The van der Waals surface area contributed by atoms with E-state index < -0.39 is 16.3 Å². The molecule has 2 atom stereocenters. The smallest absolute Gasteiger partial charge is 0.322 e. The maximum Gasteiger partial charge on any atom is 0.322 e. The van der Waals surface area contributed by atoms with Crippen molar-refractivity contribution < 1.29 is 13.5 Å². The molecule has 7 heteroatoms. The largest absolute Gasteiger partial charge is 0.392 e. The summed E-state index contributed by atoms with van der Waals surface area (Å²) < 4.78 is 28.2. The van der Waals surface area contributed by atoms with Crippen molar-refractivity contribution in [3.05, 3.63) is 23.8 Å². The van der Waals surface area contributed by atoms with Crippen LogP contribution in [0.2, 0.25) is 0 Å². The second-order valence-corrected chi connectivity index (χ2v) is 4.77. The van der Waals surface area contributed by atoms with Gasteiger partial charge in [0.05, 0.1) is 18.6 Å². The summed E-state index contributed by atoms with van der Waals surface area (Å²) in [5.74, 6) is -0.355. The van der Waals surface area contributed by atoms with E-state index in [4.69, 9.17) is 10.8 Å². The average molecular weight is 229 g/mol. The molecule has 0 aromatic carbocycles. The van der Waals surface area contributed by atoms with Crippen molar-refractivity contribution in [1.29, 1.82) is 0 Å². The first-order chi connectivity index (χ1) is 7.03.